The van der Waals surface area contributed by atoms with Crippen LogP contribution >= 0.6 is 0 Å². The zero-order chi connectivity index (χ0) is 22.6. The van der Waals surface area contributed by atoms with Gasteiger partial charge in [0, 0.05) is 11.7 Å². The van der Waals surface area contributed by atoms with Crippen molar-refractivity contribution in [3.63, 3.8) is 0 Å². The van der Waals surface area contributed by atoms with E-state index in [1.165, 1.54) is 7.11 Å². The van der Waals surface area contributed by atoms with Gasteiger partial charge in [-0.05, 0) is 42.8 Å². The second-order valence-electron chi connectivity index (χ2n) is 6.97. The number of amides is 1. The van der Waals surface area contributed by atoms with Gasteiger partial charge in [0.25, 0.3) is 5.91 Å². The number of nitrogens with one attached hydrogen (secondary N) is 1. The number of fused-ring (bicyclic) bond motifs is 1. The molecule has 1 amide bonds. The summed E-state index contributed by atoms with van der Waals surface area (Å²) < 4.78 is 50.5. The van der Waals surface area contributed by atoms with Crippen LogP contribution in [0, 0.1) is 6.92 Å². The van der Waals surface area contributed by atoms with Crippen LogP contribution in [0.5, 0.6) is 11.6 Å². The molecule has 0 saturated heterocycles. The molecule has 2 N–H and O–H groups in total. The number of nitrogens with zero attached hydrogens (tertiary/aromatic N) is 2. The van der Waals surface area contributed by atoms with Gasteiger partial charge in [0.15, 0.2) is 0 Å². The van der Waals surface area contributed by atoms with E-state index < -0.39 is 31.2 Å². The molecule has 0 fully saturated rings. The van der Waals surface area contributed by atoms with Crippen molar-refractivity contribution in [2.45, 2.75) is 32.2 Å². The predicted molar refractivity (Wildman–Crippen MR) is 106 cm³/mol. The number of carbonyl (C=O) groups excluding carboxylic acids is 1. The number of aliphatic hydroxyl groups excluding tert-OH is 1. The van der Waals surface area contributed by atoms with Crippen molar-refractivity contribution in [2.24, 2.45) is 0 Å². The number of carbonyl (C=O) groups is 1. The summed E-state index contributed by atoms with van der Waals surface area (Å²) in [6.45, 7) is 1.03. The van der Waals surface area contributed by atoms with E-state index in [1.54, 1.807) is 54.0 Å². The van der Waals surface area contributed by atoms with Gasteiger partial charge in [0.05, 0.1) is 37.9 Å². The Kier molecular flexibility index (Phi) is 6.69. The number of aryl methyl sites for hydroxylation is 1. The number of halogens is 3. The summed E-state index contributed by atoms with van der Waals surface area (Å²) in [5.41, 5.74) is 2.14. The first kappa shape index (κ1) is 22.4. The maximum Gasteiger partial charge on any atom is 0.391 e. The number of pyridine rings is 2. The van der Waals surface area contributed by atoms with Gasteiger partial charge in [-0.25, -0.2) is 4.98 Å². The molecular formula is C21H22F3N3O4. The Labute approximate surface area is 176 Å². The van der Waals surface area contributed by atoms with Gasteiger partial charge >= 0.3 is 6.18 Å². The first-order valence-corrected chi connectivity index (χ1v) is 9.42. The van der Waals surface area contributed by atoms with E-state index in [0.717, 1.165) is 5.56 Å². The highest BCUT2D eigenvalue weighted by Crippen LogP contribution is 2.24. The van der Waals surface area contributed by atoms with Crippen LogP contribution in [-0.4, -0.2) is 46.3 Å². The highest BCUT2D eigenvalue weighted by Gasteiger charge is 2.33. The summed E-state index contributed by atoms with van der Waals surface area (Å²) >= 11 is 0. The van der Waals surface area contributed by atoms with E-state index in [4.69, 9.17) is 9.47 Å². The van der Waals surface area contributed by atoms with Gasteiger partial charge in [-0.15, -0.1) is 0 Å². The predicted octanol–water partition coefficient (Wildman–Crippen LogP) is 3.27. The average molecular weight is 437 g/mol. The van der Waals surface area contributed by atoms with Crippen LogP contribution < -0.4 is 14.8 Å². The van der Waals surface area contributed by atoms with Crippen LogP contribution in [0.2, 0.25) is 0 Å². The molecule has 3 rings (SSSR count). The van der Waals surface area contributed by atoms with Crippen LogP contribution in [-0.2, 0) is 6.61 Å². The SMILES string of the molecule is COc1ncccc1COc1ccc2cc(C)c(C(=O)NC(CO)CC(F)(F)F)n2c1. The topological polar surface area (TPSA) is 85.1 Å². The normalized spacial score (nSPS) is 12.6. The number of hydrogen-bond acceptors (Lipinski definition) is 5. The highest BCUT2D eigenvalue weighted by molar-refractivity contribution is 5.96. The molecule has 0 bridgehead atoms. The minimum atomic E-state index is -4.51. The van der Waals surface area contributed by atoms with Crippen LogP contribution in [0.1, 0.15) is 28.0 Å². The quantitative estimate of drug-likeness (QED) is 0.565. The van der Waals surface area contributed by atoms with E-state index in [-0.39, 0.29) is 12.3 Å². The van der Waals surface area contributed by atoms with Crippen molar-refractivity contribution < 1.29 is 32.5 Å². The molecule has 31 heavy (non-hydrogen) atoms. The molecule has 3 heterocycles. The fourth-order valence-corrected chi connectivity index (χ4v) is 3.23. The Morgan fingerprint density at radius 3 is 2.77 bits per heavy atom. The molecule has 0 aliphatic carbocycles. The number of aliphatic hydroxyl groups is 1. The molecule has 1 atom stereocenters. The van der Waals surface area contributed by atoms with E-state index in [0.29, 0.717) is 22.7 Å². The summed E-state index contributed by atoms with van der Waals surface area (Å²) in [4.78, 5) is 16.8. The molecule has 0 radical (unpaired) electrons. The second-order valence-corrected chi connectivity index (χ2v) is 6.97. The Morgan fingerprint density at radius 2 is 2.10 bits per heavy atom. The van der Waals surface area contributed by atoms with Gasteiger partial charge in [-0.1, -0.05) is 0 Å². The summed E-state index contributed by atoms with van der Waals surface area (Å²) in [7, 11) is 1.50. The number of aromatic nitrogens is 2. The summed E-state index contributed by atoms with van der Waals surface area (Å²) in [5, 5.41) is 11.5. The van der Waals surface area contributed by atoms with E-state index >= 15 is 0 Å². The fraction of sp³-hybridized carbons (Fsp3) is 0.333. The zero-order valence-electron chi connectivity index (χ0n) is 16.9. The number of methoxy groups -OCH3 is 1. The largest absolute Gasteiger partial charge is 0.487 e. The Balaban J connectivity index is 1.82. The van der Waals surface area contributed by atoms with Crippen molar-refractivity contribution in [1.82, 2.24) is 14.7 Å². The maximum atomic E-state index is 12.7. The lowest BCUT2D eigenvalue weighted by Gasteiger charge is -2.18. The monoisotopic (exact) mass is 437 g/mol. The van der Waals surface area contributed by atoms with Crippen molar-refractivity contribution in [3.05, 3.63) is 59.5 Å². The first-order valence-electron chi connectivity index (χ1n) is 9.42. The fourth-order valence-electron chi connectivity index (χ4n) is 3.23. The third kappa shape index (κ3) is 5.46. The van der Waals surface area contributed by atoms with E-state index in [9.17, 15) is 23.1 Å². The van der Waals surface area contributed by atoms with Gasteiger partial charge in [0.2, 0.25) is 5.88 Å². The lowest BCUT2D eigenvalue weighted by molar-refractivity contribution is -0.141. The average Bonchev–Trinajstić information content (AvgIpc) is 3.05. The summed E-state index contributed by atoms with van der Waals surface area (Å²) in [5.74, 6) is 0.157. The van der Waals surface area contributed by atoms with Crippen LogP contribution in [0.25, 0.3) is 5.52 Å². The minimum Gasteiger partial charge on any atom is -0.487 e. The number of alkyl halides is 3. The van der Waals surface area contributed by atoms with Gasteiger partial charge < -0.3 is 24.3 Å². The van der Waals surface area contributed by atoms with Gasteiger partial charge in [0.1, 0.15) is 18.1 Å². The third-order valence-electron chi connectivity index (χ3n) is 4.62. The molecule has 10 heteroatoms. The highest BCUT2D eigenvalue weighted by atomic mass is 19.4. The van der Waals surface area contributed by atoms with Gasteiger partial charge in [-0.2, -0.15) is 13.2 Å². The molecule has 3 aromatic heterocycles. The Hall–Kier alpha value is -3.27. The van der Waals surface area contributed by atoms with E-state index in [1.807, 2.05) is 0 Å². The smallest absolute Gasteiger partial charge is 0.391 e. The Morgan fingerprint density at radius 1 is 1.32 bits per heavy atom. The lowest BCUT2D eigenvalue weighted by atomic mass is 10.2. The number of hydrogen-bond donors (Lipinski definition) is 2. The van der Waals surface area contributed by atoms with Crippen LogP contribution in [0.15, 0.2) is 42.7 Å². The van der Waals surface area contributed by atoms with Crippen molar-refractivity contribution in [3.8, 4) is 11.6 Å². The molecule has 0 aromatic carbocycles. The standard InChI is InChI=1S/C21H22F3N3O4/c1-13-8-16-5-6-17(31-12-14-4-3-7-25-20(14)30-2)10-27(16)18(13)19(29)26-15(11-28)9-21(22,23)24/h3-8,10,15,28H,9,11-12H2,1-2H3,(H,26,29). The van der Waals surface area contributed by atoms with Crippen LogP contribution in [0.4, 0.5) is 13.2 Å². The van der Waals surface area contributed by atoms with E-state index in [2.05, 4.69) is 10.3 Å². The van der Waals surface area contributed by atoms with Crippen molar-refractivity contribution in [2.75, 3.05) is 13.7 Å². The number of ether oxygens (including phenoxy) is 2. The molecule has 0 aliphatic rings. The van der Waals surface area contributed by atoms with Crippen molar-refractivity contribution >= 4 is 11.4 Å². The lowest BCUT2D eigenvalue weighted by Crippen LogP contribution is -2.41. The van der Waals surface area contributed by atoms with Crippen molar-refractivity contribution in [1.29, 1.82) is 0 Å². The minimum absolute atomic E-state index is 0.167. The zero-order valence-corrected chi connectivity index (χ0v) is 16.9. The Bertz CT molecular complexity index is 1070. The molecule has 0 aliphatic heterocycles. The van der Waals surface area contributed by atoms with Gasteiger partial charge in [-0.3, -0.25) is 4.79 Å². The third-order valence-corrected chi connectivity index (χ3v) is 4.62. The summed E-state index contributed by atoms with van der Waals surface area (Å²) in [6.07, 6.45) is -2.65. The molecule has 166 valence electrons. The first-order chi connectivity index (χ1) is 14.7. The molecule has 3 aromatic rings. The number of rotatable bonds is 8. The summed E-state index contributed by atoms with van der Waals surface area (Å²) in [6, 6.07) is 7.31. The molecule has 1 unspecified atom stereocenters. The van der Waals surface area contributed by atoms with Crippen LogP contribution in [0.3, 0.4) is 0 Å². The molecule has 0 saturated carbocycles. The maximum absolute atomic E-state index is 12.7. The molecule has 0 spiro atoms. The molecule has 7 nitrogen and oxygen atoms in total. The molecular weight excluding hydrogens is 415 g/mol. The second kappa shape index (κ2) is 9.25.